The molecule has 49 heavy (non-hydrogen) atoms. The summed E-state index contributed by atoms with van der Waals surface area (Å²) < 4.78 is 101. The first-order valence-corrected chi connectivity index (χ1v) is 16.0. The first-order chi connectivity index (χ1) is 23.2. The van der Waals surface area contributed by atoms with Crippen LogP contribution in [0.25, 0.3) is 22.2 Å². The van der Waals surface area contributed by atoms with Crippen molar-refractivity contribution in [1.29, 1.82) is 0 Å². The molecule has 4 N–H and O–H groups in total. The SMILES string of the molecule is Cc1cc(N)nc(-c2c(Cl)c3c4c(nc(OC[C@@]56CCCN5C[C@H](F)C6)nc4c2F)N([C@H](C)c2cc(F)cnc2N)CCO3)c1C(F)(F)F. The maximum Gasteiger partial charge on any atom is 0.418 e. The summed E-state index contributed by atoms with van der Waals surface area (Å²) in [6, 6.07) is 1.19. The van der Waals surface area contributed by atoms with Crippen LogP contribution in [0.1, 0.15) is 48.9 Å². The minimum absolute atomic E-state index is 0.0195. The lowest BCUT2D eigenvalue weighted by Gasteiger charge is -2.32. The summed E-state index contributed by atoms with van der Waals surface area (Å²) in [4.78, 5) is 20.4. The van der Waals surface area contributed by atoms with Crippen molar-refractivity contribution in [2.24, 2.45) is 0 Å². The molecule has 260 valence electrons. The number of nitrogens with two attached hydrogens (primary N) is 2. The average molecular weight is 709 g/mol. The number of hydrogen-bond donors (Lipinski definition) is 2. The third-order valence-electron chi connectivity index (χ3n) is 9.61. The van der Waals surface area contributed by atoms with Gasteiger partial charge in [-0.2, -0.15) is 23.1 Å². The standard InChI is InChI=1S/C32H31ClF6N8O2/c1-14-8-19(40)43-25(22(14)32(37,38)39)20-23(33)27-21-26(24(20)36)44-30(49-13-31-4-3-5-46(31)12-17(35)10-31)45-29(21)47(6-7-48-27)15(2)18-9-16(34)11-42-28(18)41/h8-9,11,15,17H,3-7,10,12-13H2,1-2H3,(H2,40,43)(H2,41,42)/t15-,17-,31+/m1/s1. The van der Waals surface area contributed by atoms with Crippen LogP contribution in [-0.2, 0) is 6.18 Å². The molecule has 3 aliphatic heterocycles. The topological polar surface area (TPSA) is 129 Å². The molecule has 3 aliphatic rings. The maximum absolute atomic E-state index is 17.0. The predicted octanol–water partition coefficient (Wildman–Crippen LogP) is 6.43. The number of ether oxygens (including phenoxy) is 2. The van der Waals surface area contributed by atoms with Crippen molar-refractivity contribution in [3.8, 4) is 23.0 Å². The molecule has 0 aliphatic carbocycles. The Labute approximate surface area is 281 Å². The van der Waals surface area contributed by atoms with Gasteiger partial charge in [0, 0.05) is 18.5 Å². The molecule has 6 heterocycles. The van der Waals surface area contributed by atoms with Crippen LogP contribution in [0.5, 0.6) is 11.8 Å². The van der Waals surface area contributed by atoms with Crippen LogP contribution in [0.4, 0.5) is 43.8 Å². The van der Waals surface area contributed by atoms with Crippen LogP contribution in [0.15, 0.2) is 18.3 Å². The van der Waals surface area contributed by atoms with Crippen molar-refractivity contribution in [2.45, 2.75) is 57.0 Å². The van der Waals surface area contributed by atoms with Crippen molar-refractivity contribution in [2.75, 3.05) is 49.2 Å². The predicted molar refractivity (Wildman–Crippen MR) is 170 cm³/mol. The van der Waals surface area contributed by atoms with E-state index in [0.717, 1.165) is 18.7 Å². The lowest BCUT2D eigenvalue weighted by molar-refractivity contribution is -0.137. The van der Waals surface area contributed by atoms with E-state index in [4.69, 9.17) is 32.5 Å². The summed E-state index contributed by atoms with van der Waals surface area (Å²) in [5.41, 5.74) is 8.08. The summed E-state index contributed by atoms with van der Waals surface area (Å²) in [6.07, 6.45) is -3.31. The highest BCUT2D eigenvalue weighted by Crippen LogP contribution is 2.51. The number of nitrogens with zero attached hydrogens (tertiary/aromatic N) is 6. The van der Waals surface area contributed by atoms with Crippen molar-refractivity contribution in [3.05, 3.63) is 51.7 Å². The molecule has 0 amide bonds. The Morgan fingerprint density at radius 2 is 1.94 bits per heavy atom. The summed E-state index contributed by atoms with van der Waals surface area (Å²) in [7, 11) is 0. The molecule has 1 aromatic carbocycles. The first-order valence-electron chi connectivity index (χ1n) is 15.6. The van der Waals surface area contributed by atoms with Gasteiger partial charge in [0.15, 0.2) is 11.6 Å². The zero-order valence-electron chi connectivity index (χ0n) is 26.3. The zero-order chi connectivity index (χ0) is 35.0. The van der Waals surface area contributed by atoms with E-state index in [9.17, 15) is 22.0 Å². The highest BCUT2D eigenvalue weighted by molar-refractivity contribution is 6.36. The van der Waals surface area contributed by atoms with Gasteiger partial charge in [0.05, 0.1) is 51.6 Å². The number of benzene rings is 1. The molecule has 7 rings (SSSR count). The van der Waals surface area contributed by atoms with E-state index in [1.54, 1.807) is 11.8 Å². The number of anilines is 3. The highest BCUT2D eigenvalue weighted by atomic mass is 35.5. The van der Waals surface area contributed by atoms with E-state index in [-0.39, 0.29) is 78.5 Å². The van der Waals surface area contributed by atoms with Crippen LogP contribution < -0.4 is 25.8 Å². The highest BCUT2D eigenvalue weighted by Gasteiger charge is 2.49. The summed E-state index contributed by atoms with van der Waals surface area (Å²) in [6.45, 7) is 3.76. The van der Waals surface area contributed by atoms with Crippen molar-refractivity contribution in [1.82, 2.24) is 24.8 Å². The van der Waals surface area contributed by atoms with Gasteiger partial charge < -0.3 is 25.8 Å². The normalized spacial score (nSPS) is 21.5. The number of aromatic nitrogens is 4. The second-order valence-electron chi connectivity index (χ2n) is 12.7. The molecule has 17 heteroatoms. The van der Waals surface area contributed by atoms with Crippen molar-refractivity contribution in [3.63, 3.8) is 0 Å². The lowest BCUT2D eigenvalue weighted by Crippen LogP contribution is -2.43. The van der Waals surface area contributed by atoms with E-state index in [2.05, 4.69) is 19.9 Å². The minimum Gasteiger partial charge on any atom is -0.489 e. The van der Waals surface area contributed by atoms with Crippen molar-refractivity contribution >= 4 is 40.0 Å². The molecular formula is C32H31ClF6N8O2. The molecular weight excluding hydrogens is 678 g/mol. The van der Waals surface area contributed by atoms with Crippen LogP contribution in [0, 0.1) is 18.6 Å². The Morgan fingerprint density at radius 1 is 1.16 bits per heavy atom. The largest absolute Gasteiger partial charge is 0.489 e. The average Bonchev–Trinajstić information content (AvgIpc) is 3.47. The van der Waals surface area contributed by atoms with E-state index >= 15 is 4.39 Å². The van der Waals surface area contributed by atoms with Gasteiger partial charge in [-0.1, -0.05) is 11.6 Å². The zero-order valence-corrected chi connectivity index (χ0v) is 27.1. The number of aryl methyl sites for hydroxylation is 1. The van der Waals surface area contributed by atoms with Crippen LogP contribution in [0.3, 0.4) is 0 Å². The Bertz CT molecular complexity index is 1980. The summed E-state index contributed by atoms with van der Waals surface area (Å²) in [5.74, 6) is -2.31. The number of pyridine rings is 2. The maximum atomic E-state index is 17.0. The molecule has 0 spiro atoms. The number of fused-ring (bicyclic) bond motifs is 1. The van der Waals surface area contributed by atoms with Gasteiger partial charge in [-0.3, -0.25) is 4.90 Å². The first kappa shape index (κ1) is 33.2. The Morgan fingerprint density at radius 3 is 2.69 bits per heavy atom. The fourth-order valence-corrected chi connectivity index (χ4v) is 7.75. The van der Waals surface area contributed by atoms with Gasteiger partial charge in [-0.25, -0.2) is 23.1 Å². The molecule has 2 saturated heterocycles. The van der Waals surface area contributed by atoms with Gasteiger partial charge in [0.1, 0.15) is 48.2 Å². The molecule has 3 atom stereocenters. The number of alkyl halides is 4. The Hall–Kier alpha value is -4.31. The molecule has 4 aromatic rings. The molecule has 2 fully saturated rings. The Kier molecular flexibility index (Phi) is 8.08. The summed E-state index contributed by atoms with van der Waals surface area (Å²) in [5, 5.41) is -0.571. The van der Waals surface area contributed by atoms with Crippen molar-refractivity contribution < 1.29 is 35.8 Å². The molecule has 0 bridgehead atoms. The molecule has 10 nitrogen and oxygen atoms in total. The number of hydrogen-bond acceptors (Lipinski definition) is 10. The molecule has 3 aromatic heterocycles. The quantitative estimate of drug-likeness (QED) is 0.217. The molecule has 0 saturated carbocycles. The second-order valence-corrected chi connectivity index (χ2v) is 13.1. The van der Waals surface area contributed by atoms with Gasteiger partial charge >= 0.3 is 12.2 Å². The fourth-order valence-electron chi connectivity index (χ4n) is 7.43. The van der Waals surface area contributed by atoms with Crippen LogP contribution in [-0.4, -0.2) is 69.4 Å². The molecule has 0 unspecified atom stereocenters. The minimum atomic E-state index is -4.96. The van der Waals surface area contributed by atoms with Gasteiger partial charge in [-0.05, 0) is 50.9 Å². The Balaban J connectivity index is 1.46. The number of nitrogen functional groups attached to an aromatic ring is 2. The smallest absolute Gasteiger partial charge is 0.418 e. The molecule has 0 radical (unpaired) electrons. The van der Waals surface area contributed by atoms with Crippen LogP contribution >= 0.6 is 11.6 Å². The van der Waals surface area contributed by atoms with E-state index in [1.165, 1.54) is 13.0 Å². The summed E-state index contributed by atoms with van der Waals surface area (Å²) >= 11 is 6.74. The third-order valence-corrected chi connectivity index (χ3v) is 9.98. The van der Waals surface area contributed by atoms with E-state index < -0.39 is 62.9 Å². The van der Waals surface area contributed by atoms with E-state index in [0.29, 0.717) is 13.0 Å². The lowest BCUT2D eigenvalue weighted by atomic mass is 9.95. The fraction of sp³-hybridized carbons (Fsp3) is 0.438. The van der Waals surface area contributed by atoms with Gasteiger partial charge in [0.25, 0.3) is 0 Å². The number of halogens is 7. The van der Waals surface area contributed by atoms with Gasteiger partial charge in [-0.15, -0.1) is 0 Å². The van der Waals surface area contributed by atoms with Crippen LogP contribution in [0.2, 0.25) is 5.02 Å². The third kappa shape index (κ3) is 5.58. The van der Waals surface area contributed by atoms with Gasteiger partial charge in [0.2, 0.25) is 0 Å². The number of rotatable bonds is 6. The van der Waals surface area contributed by atoms with E-state index in [1.807, 2.05) is 4.90 Å². The monoisotopic (exact) mass is 708 g/mol. The second kappa shape index (κ2) is 11.9.